The average Bonchev–Trinajstić information content (AvgIpc) is 2.30. The number of fused-ring (bicyclic) bond motifs is 1. The Bertz CT molecular complexity index is 581. The molecule has 17 heavy (non-hydrogen) atoms. The number of halogens is 1. The van der Waals surface area contributed by atoms with Crippen molar-refractivity contribution < 1.29 is 9.53 Å². The molecule has 0 N–H and O–H groups in total. The van der Waals surface area contributed by atoms with Gasteiger partial charge in [0.1, 0.15) is 0 Å². The molecule has 1 heterocycles. The van der Waals surface area contributed by atoms with Gasteiger partial charge in [-0.2, -0.15) is 0 Å². The molecule has 88 valence electrons. The van der Waals surface area contributed by atoms with Crippen molar-refractivity contribution in [3.8, 4) is 0 Å². The fourth-order valence-corrected chi connectivity index (χ4v) is 1.92. The normalized spacial score (nSPS) is 10.5. The van der Waals surface area contributed by atoms with E-state index in [9.17, 15) is 4.79 Å². The Kier molecular flexibility index (Phi) is 3.29. The van der Waals surface area contributed by atoms with Crippen LogP contribution < -0.4 is 0 Å². The van der Waals surface area contributed by atoms with Crippen LogP contribution in [-0.2, 0) is 4.74 Å². The number of pyridine rings is 1. The summed E-state index contributed by atoms with van der Waals surface area (Å²) in [5.74, 6) is -0.445. The third-order valence-corrected chi connectivity index (χ3v) is 2.79. The first kappa shape index (κ1) is 11.9. The van der Waals surface area contributed by atoms with Crippen LogP contribution in [0.15, 0.2) is 24.3 Å². The molecule has 0 aliphatic heterocycles. The molecule has 0 aliphatic carbocycles. The first-order valence-corrected chi connectivity index (χ1v) is 5.74. The lowest BCUT2D eigenvalue weighted by molar-refractivity contribution is 0.0520. The van der Waals surface area contributed by atoms with Crippen molar-refractivity contribution in [3.63, 3.8) is 0 Å². The maximum absolute atomic E-state index is 11.6. The number of para-hydroxylation sites is 1. The number of nitrogens with zero attached hydrogens (tertiary/aromatic N) is 1. The zero-order valence-electron chi connectivity index (χ0n) is 9.66. The van der Waals surface area contributed by atoms with Crippen LogP contribution in [0.25, 0.3) is 10.9 Å². The van der Waals surface area contributed by atoms with Crippen LogP contribution in [0.2, 0.25) is 5.02 Å². The summed E-state index contributed by atoms with van der Waals surface area (Å²) in [6.45, 7) is 4.01. The summed E-state index contributed by atoms with van der Waals surface area (Å²) in [7, 11) is 0. The summed E-state index contributed by atoms with van der Waals surface area (Å²) < 4.78 is 4.91. The number of rotatable bonds is 2. The first-order valence-electron chi connectivity index (χ1n) is 5.36. The predicted molar refractivity (Wildman–Crippen MR) is 67.4 cm³/mol. The lowest BCUT2D eigenvalue weighted by Gasteiger charge is -2.06. The van der Waals surface area contributed by atoms with Gasteiger partial charge in [0.05, 0.1) is 17.1 Å². The Morgan fingerprint density at radius 2 is 2.24 bits per heavy atom. The SMILES string of the molecule is CCOC(=O)c1cc(Cl)c2cccc(C)c2n1. The van der Waals surface area contributed by atoms with Gasteiger partial charge in [-0.1, -0.05) is 29.8 Å². The second-order valence-electron chi connectivity index (χ2n) is 3.68. The molecule has 1 aromatic carbocycles. The summed E-state index contributed by atoms with van der Waals surface area (Å²) in [5, 5.41) is 1.36. The van der Waals surface area contributed by atoms with Gasteiger partial charge in [-0.3, -0.25) is 0 Å². The van der Waals surface area contributed by atoms with E-state index in [4.69, 9.17) is 16.3 Å². The highest BCUT2D eigenvalue weighted by molar-refractivity contribution is 6.35. The first-order chi connectivity index (χ1) is 8.13. The van der Waals surface area contributed by atoms with Crippen LogP contribution in [0.1, 0.15) is 23.0 Å². The minimum Gasteiger partial charge on any atom is -0.461 e. The fourth-order valence-electron chi connectivity index (χ4n) is 1.66. The lowest BCUT2D eigenvalue weighted by atomic mass is 10.1. The largest absolute Gasteiger partial charge is 0.461 e. The molecule has 2 rings (SSSR count). The fraction of sp³-hybridized carbons (Fsp3) is 0.231. The Hall–Kier alpha value is -1.61. The van der Waals surface area contributed by atoms with Gasteiger partial charge in [-0.25, -0.2) is 9.78 Å². The van der Waals surface area contributed by atoms with Crippen LogP contribution in [0, 0.1) is 6.92 Å². The van der Waals surface area contributed by atoms with E-state index in [0.717, 1.165) is 16.5 Å². The van der Waals surface area contributed by atoms with Crippen LogP contribution in [0.3, 0.4) is 0 Å². The van der Waals surface area contributed by atoms with Gasteiger partial charge in [0.2, 0.25) is 0 Å². The maximum Gasteiger partial charge on any atom is 0.356 e. The average molecular weight is 250 g/mol. The second-order valence-corrected chi connectivity index (χ2v) is 4.09. The van der Waals surface area contributed by atoms with E-state index in [1.165, 1.54) is 0 Å². The maximum atomic E-state index is 11.6. The molecule has 0 atom stereocenters. The molecule has 3 nitrogen and oxygen atoms in total. The molecule has 0 spiro atoms. The molecule has 4 heteroatoms. The standard InChI is InChI=1S/C13H12ClNO2/c1-3-17-13(16)11-7-10(14)9-6-4-5-8(2)12(9)15-11/h4-7H,3H2,1-2H3. The molecule has 0 bridgehead atoms. The zero-order valence-corrected chi connectivity index (χ0v) is 10.4. The molecular weight excluding hydrogens is 238 g/mol. The number of ether oxygens (including phenoxy) is 1. The van der Waals surface area contributed by atoms with Gasteiger partial charge in [0.15, 0.2) is 5.69 Å². The van der Waals surface area contributed by atoms with E-state index in [1.54, 1.807) is 13.0 Å². The highest BCUT2D eigenvalue weighted by atomic mass is 35.5. The second kappa shape index (κ2) is 4.72. The topological polar surface area (TPSA) is 39.2 Å². The molecule has 0 amide bonds. The number of hydrogen-bond acceptors (Lipinski definition) is 3. The highest BCUT2D eigenvalue weighted by Crippen LogP contribution is 2.25. The molecular formula is C13H12ClNO2. The number of carbonyl (C=O) groups excluding carboxylic acids is 1. The Morgan fingerprint density at radius 3 is 2.94 bits per heavy atom. The van der Waals surface area contributed by atoms with Crippen LogP contribution in [-0.4, -0.2) is 17.6 Å². The Balaban J connectivity index is 2.62. The third-order valence-electron chi connectivity index (χ3n) is 2.48. The monoisotopic (exact) mass is 249 g/mol. The van der Waals surface area contributed by atoms with E-state index in [2.05, 4.69) is 4.98 Å². The van der Waals surface area contributed by atoms with Crippen molar-refractivity contribution in [2.24, 2.45) is 0 Å². The van der Waals surface area contributed by atoms with Gasteiger partial charge >= 0.3 is 5.97 Å². The van der Waals surface area contributed by atoms with Gasteiger partial charge in [0.25, 0.3) is 0 Å². The predicted octanol–water partition coefficient (Wildman–Crippen LogP) is 3.37. The molecule has 0 fully saturated rings. The van der Waals surface area contributed by atoms with Crippen molar-refractivity contribution in [2.75, 3.05) is 6.61 Å². The van der Waals surface area contributed by atoms with Gasteiger partial charge in [-0.05, 0) is 25.5 Å². The lowest BCUT2D eigenvalue weighted by Crippen LogP contribution is -2.07. The van der Waals surface area contributed by atoms with Gasteiger partial charge in [-0.15, -0.1) is 0 Å². The number of aryl methyl sites for hydroxylation is 1. The number of carbonyl (C=O) groups is 1. The minimum absolute atomic E-state index is 0.249. The van der Waals surface area contributed by atoms with Crippen LogP contribution in [0.4, 0.5) is 0 Å². The molecule has 0 saturated carbocycles. The van der Waals surface area contributed by atoms with Crippen molar-refractivity contribution in [1.82, 2.24) is 4.98 Å². The van der Waals surface area contributed by atoms with E-state index >= 15 is 0 Å². The van der Waals surface area contributed by atoms with Gasteiger partial charge < -0.3 is 4.74 Å². The third kappa shape index (κ3) is 2.24. The summed E-state index contributed by atoms with van der Waals surface area (Å²) in [4.78, 5) is 15.9. The molecule has 0 radical (unpaired) electrons. The van der Waals surface area contributed by atoms with E-state index in [0.29, 0.717) is 11.6 Å². The van der Waals surface area contributed by atoms with E-state index < -0.39 is 5.97 Å². The quantitative estimate of drug-likeness (QED) is 0.766. The highest BCUT2D eigenvalue weighted by Gasteiger charge is 2.12. The van der Waals surface area contributed by atoms with Crippen molar-refractivity contribution in [1.29, 1.82) is 0 Å². The molecule has 1 aromatic heterocycles. The summed E-state index contributed by atoms with van der Waals surface area (Å²) in [6.07, 6.45) is 0. The van der Waals surface area contributed by atoms with Crippen molar-refractivity contribution >= 4 is 28.5 Å². The Labute approximate surface area is 104 Å². The van der Waals surface area contributed by atoms with Crippen LogP contribution >= 0.6 is 11.6 Å². The molecule has 0 aliphatic rings. The number of aromatic nitrogens is 1. The summed E-state index contributed by atoms with van der Waals surface area (Å²) in [5.41, 5.74) is 1.97. The van der Waals surface area contributed by atoms with E-state index in [1.807, 2.05) is 25.1 Å². The van der Waals surface area contributed by atoms with E-state index in [-0.39, 0.29) is 5.69 Å². The Morgan fingerprint density at radius 1 is 1.47 bits per heavy atom. The number of benzene rings is 1. The molecule has 0 unspecified atom stereocenters. The van der Waals surface area contributed by atoms with Crippen molar-refractivity contribution in [3.05, 3.63) is 40.5 Å². The summed E-state index contributed by atoms with van der Waals surface area (Å²) >= 11 is 6.13. The minimum atomic E-state index is -0.445. The van der Waals surface area contributed by atoms with Gasteiger partial charge in [0, 0.05) is 5.39 Å². The number of hydrogen-bond donors (Lipinski definition) is 0. The molecule has 2 aromatic rings. The van der Waals surface area contributed by atoms with Crippen LogP contribution in [0.5, 0.6) is 0 Å². The summed E-state index contributed by atoms with van der Waals surface area (Å²) in [6, 6.07) is 7.27. The number of esters is 1. The smallest absolute Gasteiger partial charge is 0.356 e. The van der Waals surface area contributed by atoms with Crippen molar-refractivity contribution in [2.45, 2.75) is 13.8 Å². The molecule has 0 saturated heterocycles. The zero-order chi connectivity index (χ0) is 12.4.